The van der Waals surface area contributed by atoms with Gasteiger partial charge in [0.05, 0.1) is 22.3 Å². The largest absolute Gasteiger partial charge is 0.278 e. The fourth-order valence-electron chi connectivity index (χ4n) is 1.99. The third-order valence-corrected chi connectivity index (χ3v) is 4.45. The quantitative estimate of drug-likeness (QED) is 0.781. The molecule has 0 aliphatic carbocycles. The summed E-state index contributed by atoms with van der Waals surface area (Å²) >= 11 is 0. The van der Waals surface area contributed by atoms with Crippen molar-refractivity contribution in [3.63, 3.8) is 0 Å². The van der Waals surface area contributed by atoms with Gasteiger partial charge in [-0.3, -0.25) is 9.82 Å². The van der Waals surface area contributed by atoms with E-state index in [1.165, 1.54) is 30.5 Å². The number of anilines is 1. The highest BCUT2D eigenvalue weighted by Crippen LogP contribution is 2.22. The molecule has 3 aromatic rings. The summed E-state index contributed by atoms with van der Waals surface area (Å²) in [6.45, 7) is 1.73. The van der Waals surface area contributed by atoms with Gasteiger partial charge in [0.1, 0.15) is 5.82 Å². The predicted octanol–water partition coefficient (Wildman–Crippen LogP) is 2.81. The number of halogens is 1. The van der Waals surface area contributed by atoms with Gasteiger partial charge >= 0.3 is 0 Å². The summed E-state index contributed by atoms with van der Waals surface area (Å²) in [5, 5.41) is 7.24. The molecule has 2 aromatic carbocycles. The minimum Gasteiger partial charge on any atom is -0.278 e. The van der Waals surface area contributed by atoms with E-state index in [2.05, 4.69) is 14.9 Å². The van der Waals surface area contributed by atoms with Crippen LogP contribution in [0.5, 0.6) is 0 Å². The van der Waals surface area contributed by atoms with Crippen LogP contribution in [0.25, 0.3) is 10.9 Å². The first-order chi connectivity index (χ1) is 9.95. The summed E-state index contributed by atoms with van der Waals surface area (Å²) in [4.78, 5) is 0.0522. The Morgan fingerprint density at radius 2 is 2.00 bits per heavy atom. The van der Waals surface area contributed by atoms with Crippen LogP contribution < -0.4 is 4.72 Å². The van der Waals surface area contributed by atoms with E-state index in [1.807, 2.05) is 0 Å². The fourth-order valence-corrected chi connectivity index (χ4v) is 3.10. The first-order valence-electron chi connectivity index (χ1n) is 6.18. The Balaban J connectivity index is 1.99. The van der Waals surface area contributed by atoms with Gasteiger partial charge in [-0.1, -0.05) is 6.07 Å². The minimum absolute atomic E-state index is 0.0522. The molecule has 0 amide bonds. The zero-order chi connectivity index (χ0) is 15.0. The Bertz CT molecular complexity index is 919. The monoisotopic (exact) mass is 305 g/mol. The second-order valence-corrected chi connectivity index (χ2v) is 6.39. The number of H-pyrrole nitrogens is 1. The summed E-state index contributed by atoms with van der Waals surface area (Å²) in [6.07, 6.45) is 1.53. The lowest BCUT2D eigenvalue weighted by atomic mass is 10.2. The Labute approximate surface area is 120 Å². The first kappa shape index (κ1) is 13.6. The van der Waals surface area contributed by atoms with E-state index in [0.29, 0.717) is 5.39 Å². The second-order valence-electron chi connectivity index (χ2n) is 4.71. The van der Waals surface area contributed by atoms with Crippen molar-refractivity contribution < 1.29 is 12.8 Å². The van der Waals surface area contributed by atoms with Crippen LogP contribution in [-0.2, 0) is 10.0 Å². The van der Waals surface area contributed by atoms with Gasteiger partial charge < -0.3 is 0 Å². The highest BCUT2D eigenvalue weighted by atomic mass is 32.2. The van der Waals surface area contributed by atoms with Crippen molar-refractivity contribution in [3.05, 3.63) is 54.0 Å². The summed E-state index contributed by atoms with van der Waals surface area (Å²) < 4.78 is 40.6. The zero-order valence-electron chi connectivity index (χ0n) is 11.1. The number of rotatable bonds is 3. The van der Waals surface area contributed by atoms with Crippen LogP contribution in [0.1, 0.15) is 5.56 Å². The maximum Gasteiger partial charge on any atom is 0.262 e. The average molecular weight is 305 g/mol. The molecule has 0 fully saturated rings. The van der Waals surface area contributed by atoms with Crippen LogP contribution in [0, 0.1) is 12.7 Å². The number of fused-ring (bicyclic) bond motifs is 1. The predicted molar refractivity (Wildman–Crippen MR) is 78.0 cm³/mol. The van der Waals surface area contributed by atoms with Gasteiger partial charge in [0, 0.05) is 5.39 Å². The van der Waals surface area contributed by atoms with Crippen molar-refractivity contribution in [1.82, 2.24) is 10.2 Å². The van der Waals surface area contributed by atoms with Crippen molar-refractivity contribution in [2.45, 2.75) is 11.8 Å². The molecule has 108 valence electrons. The molecule has 0 aliphatic heterocycles. The third kappa shape index (κ3) is 2.59. The van der Waals surface area contributed by atoms with Crippen molar-refractivity contribution in [3.8, 4) is 0 Å². The Kier molecular flexibility index (Phi) is 3.13. The summed E-state index contributed by atoms with van der Waals surface area (Å²) in [7, 11) is -3.85. The number of aromatic amines is 1. The van der Waals surface area contributed by atoms with Gasteiger partial charge in [0.15, 0.2) is 0 Å². The summed E-state index contributed by atoms with van der Waals surface area (Å²) in [5.41, 5.74) is 1.37. The molecule has 7 heteroatoms. The first-order valence-corrected chi connectivity index (χ1v) is 7.66. The van der Waals surface area contributed by atoms with Gasteiger partial charge in [-0.15, -0.1) is 0 Å². The van der Waals surface area contributed by atoms with Gasteiger partial charge in [-0.25, -0.2) is 12.8 Å². The summed E-state index contributed by atoms with van der Waals surface area (Å²) in [6, 6.07) is 8.85. The van der Waals surface area contributed by atoms with E-state index in [4.69, 9.17) is 0 Å². The Morgan fingerprint density at radius 1 is 1.19 bits per heavy atom. The van der Waals surface area contributed by atoms with Crippen molar-refractivity contribution in [2.75, 3.05) is 4.72 Å². The molecule has 2 N–H and O–H groups in total. The smallest absolute Gasteiger partial charge is 0.262 e. The number of nitrogens with one attached hydrogen (secondary N) is 2. The Hall–Kier alpha value is -2.41. The van der Waals surface area contributed by atoms with Gasteiger partial charge in [-0.05, 0) is 42.8 Å². The molecule has 1 heterocycles. The molecule has 0 spiro atoms. The molecule has 5 nitrogen and oxygen atoms in total. The van der Waals surface area contributed by atoms with Crippen molar-refractivity contribution in [2.24, 2.45) is 0 Å². The average Bonchev–Trinajstić information content (AvgIpc) is 2.89. The molecule has 0 saturated carbocycles. The Morgan fingerprint density at radius 3 is 2.76 bits per heavy atom. The van der Waals surface area contributed by atoms with Crippen LogP contribution >= 0.6 is 0 Å². The van der Waals surface area contributed by atoms with E-state index >= 15 is 0 Å². The molecule has 0 atom stereocenters. The molecule has 21 heavy (non-hydrogen) atoms. The van der Waals surface area contributed by atoms with Crippen LogP contribution in [0.4, 0.5) is 10.1 Å². The topological polar surface area (TPSA) is 74.8 Å². The fraction of sp³-hybridized carbons (Fsp3) is 0.0714. The minimum atomic E-state index is -3.85. The number of aromatic nitrogens is 2. The lowest BCUT2D eigenvalue weighted by Gasteiger charge is -2.09. The van der Waals surface area contributed by atoms with Crippen molar-refractivity contribution in [1.29, 1.82) is 0 Å². The number of aryl methyl sites for hydroxylation is 1. The maximum absolute atomic E-state index is 13.8. The number of sulfonamides is 1. The SMILES string of the molecule is Cc1ccc(NS(=O)(=O)c2ccc3[nH]ncc3c2)c(F)c1. The van der Waals surface area contributed by atoms with Gasteiger partial charge in [0.25, 0.3) is 10.0 Å². The molecule has 0 bridgehead atoms. The molecule has 0 aliphatic rings. The number of nitrogens with zero attached hydrogens (tertiary/aromatic N) is 1. The van der Waals surface area contributed by atoms with E-state index in [9.17, 15) is 12.8 Å². The molecular formula is C14H12FN3O2S. The van der Waals surface area contributed by atoms with Gasteiger partial charge in [0.2, 0.25) is 0 Å². The van der Waals surface area contributed by atoms with E-state index < -0.39 is 15.8 Å². The van der Waals surface area contributed by atoms with Crippen LogP contribution in [-0.4, -0.2) is 18.6 Å². The van der Waals surface area contributed by atoms with Crippen molar-refractivity contribution >= 4 is 26.6 Å². The van der Waals surface area contributed by atoms with Crippen LogP contribution in [0.15, 0.2) is 47.5 Å². The lowest BCUT2D eigenvalue weighted by molar-refractivity contribution is 0.598. The zero-order valence-corrected chi connectivity index (χ0v) is 11.9. The highest BCUT2D eigenvalue weighted by molar-refractivity contribution is 7.92. The van der Waals surface area contributed by atoms with E-state index in [0.717, 1.165) is 11.1 Å². The van der Waals surface area contributed by atoms with E-state index in [1.54, 1.807) is 19.1 Å². The number of hydrogen-bond donors (Lipinski definition) is 2. The third-order valence-electron chi connectivity index (χ3n) is 3.09. The molecule has 1 aromatic heterocycles. The highest BCUT2D eigenvalue weighted by Gasteiger charge is 2.17. The molecule has 0 radical (unpaired) electrons. The molecular weight excluding hydrogens is 293 g/mol. The number of benzene rings is 2. The molecule has 3 rings (SSSR count). The molecule has 0 saturated heterocycles. The summed E-state index contributed by atoms with van der Waals surface area (Å²) in [5.74, 6) is -0.608. The lowest BCUT2D eigenvalue weighted by Crippen LogP contribution is -2.14. The van der Waals surface area contributed by atoms with Crippen LogP contribution in [0.3, 0.4) is 0 Å². The maximum atomic E-state index is 13.8. The normalized spacial score (nSPS) is 11.7. The van der Waals surface area contributed by atoms with Gasteiger partial charge in [-0.2, -0.15) is 5.10 Å². The standard InChI is InChI=1S/C14H12FN3O2S/c1-9-2-4-14(12(15)6-9)18-21(19,20)11-3-5-13-10(7-11)8-16-17-13/h2-8,18H,1H3,(H,16,17). The molecule has 0 unspecified atom stereocenters. The van der Waals surface area contributed by atoms with Crippen LogP contribution in [0.2, 0.25) is 0 Å². The van der Waals surface area contributed by atoms with E-state index in [-0.39, 0.29) is 10.6 Å². The second kappa shape index (κ2) is 4.85. The number of hydrogen-bond acceptors (Lipinski definition) is 3.